The van der Waals surface area contributed by atoms with Crippen LogP contribution in [0.5, 0.6) is 5.75 Å². The second-order valence-electron chi connectivity index (χ2n) is 11.0. The van der Waals surface area contributed by atoms with Gasteiger partial charge in [-0.25, -0.2) is 8.42 Å². The van der Waals surface area contributed by atoms with E-state index in [9.17, 15) is 18.0 Å². The summed E-state index contributed by atoms with van der Waals surface area (Å²) in [5, 5.41) is 3.72. The summed E-state index contributed by atoms with van der Waals surface area (Å²) in [5.41, 5.74) is 1.02. The largest absolute Gasteiger partial charge is 0.492 e. The maximum absolute atomic E-state index is 14.4. The molecule has 1 fully saturated rings. The maximum Gasteiger partial charge on any atom is 0.264 e. The SMILES string of the molecule is CCOc1ccccc1N(CC(=O)N(Cc1ccc(Cl)cc1)[C@@H](CC)C(=O)NC1CCCCC1)S(=O)(=O)c1ccc(SC)cc1. The van der Waals surface area contributed by atoms with E-state index in [1.165, 1.54) is 16.7 Å². The quantitative estimate of drug-likeness (QED) is 0.187. The Labute approximate surface area is 276 Å². The number of anilines is 1. The number of amides is 2. The third-order valence-corrected chi connectivity index (χ3v) is 10.7. The number of para-hydroxylation sites is 2. The van der Waals surface area contributed by atoms with Crippen molar-refractivity contribution in [3.8, 4) is 5.75 Å². The van der Waals surface area contributed by atoms with Crippen LogP contribution < -0.4 is 14.4 Å². The zero-order valence-electron chi connectivity index (χ0n) is 26.1. The molecule has 0 aromatic heterocycles. The van der Waals surface area contributed by atoms with E-state index >= 15 is 0 Å². The molecule has 242 valence electrons. The fraction of sp³-hybridized carbons (Fsp3) is 0.412. The van der Waals surface area contributed by atoms with Crippen LogP contribution in [0.15, 0.2) is 82.6 Å². The van der Waals surface area contributed by atoms with Crippen molar-refractivity contribution < 1.29 is 22.7 Å². The molecule has 3 aromatic carbocycles. The number of thioether (sulfide) groups is 1. The third kappa shape index (κ3) is 8.95. The minimum Gasteiger partial charge on any atom is -0.492 e. The van der Waals surface area contributed by atoms with E-state index in [4.69, 9.17) is 16.3 Å². The summed E-state index contributed by atoms with van der Waals surface area (Å²) < 4.78 is 35.5. The number of rotatable bonds is 14. The molecule has 1 aliphatic carbocycles. The van der Waals surface area contributed by atoms with E-state index < -0.39 is 28.5 Å². The van der Waals surface area contributed by atoms with Gasteiger partial charge in [-0.3, -0.25) is 13.9 Å². The molecule has 1 atom stereocenters. The summed E-state index contributed by atoms with van der Waals surface area (Å²) in [6, 6.07) is 19.7. The summed E-state index contributed by atoms with van der Waals surface area (Å²) in [4.78, 5) is 30.6. The number of benzene rings is 3. The van der Waals surface area contributed by atoms with Crippen molar-refractivity contribution in [1.82, 2.24) is 10.2 Å². The average Bonchev–Trinajstić information content (AvgIpc) is 3.05. The molecule has 0 radical (unpaired) electrons. The molecule has 8 nitrogen and oxygen atoms in total. The van der Waals surface area contributed by atoms with Crippen molar-refractivity contribution in [3.05, 3.63) is 83.4 Å². The number of sulfonamides is 1. The highest BCUT2D eigenvalue weighted by Crippen LogP contribution is 2.33. The van der Waals surface area contributed by atoms with Gasteiger partial charge in [-0.2, -0.15) is 0 Å². The van der Waals surface area contributed by atoms with Crippen molar-refractivity contribution in [2.75, 3.05) is 23.7 Å². The van der Waals surface area contributed by atoms with E-state index in [1.807, 2.05) is 20.1 Å². The van der Waals surface area contributed by atoms with Gasteiger partial charge >= 0.3 is 0 Å². The minimum atomic E-state index is -4.22. The van der Waals surface area contributed by atoms with Gasteiger partial charge < -0.3 is 15.0 Å². The number of halogens is 1. The van der Waals surface area contributed by atoms with Gasteiger partial charge in [0.05, 0.1) is 17.2 Å². The van der Waals surface area contributed by atoms with Crippen LogP contribution in [0.2, 0.25) is 5.02 Å². The first kappa shape index (κ1) is 34.7. The van der Waals surface area contributed by atoms with Crippen molar-refractivity contribution in [1.29, 1.82) is 0 Å². The predicted octanol–water partition coefficient (Wildman–Crippen LogP) is 6.91. The van der Waals surface area contributed by atoms with Gasteiger partial charge in [-0.05, 0) is 86.5 Å². The molecule has 0 spiro atoms. The molecule has 0 saturated heterocycles. The second kappa shape index (κ2) is 16.4. The predicted molar refractivity (Wildman–Crippen MR) is 181 cm³/mol. The van der Waals surface area contributed by atoms with Crippen LogP contribution in [0, 0.1) is 0 Å². The lowest BCUT2D eigenvalue weighted by molar-refractivity contribution is -0.140. The Morgan fingerprint density at radius 1 is 0.978 bits per heavy atom. The van der Waals surface area contributed by atoms with Crippen molar-refractivity contribution in [2.24, 2.45) is 0 Å². The number of carbonyl (C=O) groups is 2. The number of nitrogens with zero attached hydrogens (tertiary/aromatic N) is 2. The Morgan fingerprint density at radius 2 is 1.64 bits per heavy atom. The second-order valence-corrected chi connectivity index (χ2v) is 14.2. The molecule has 0 aliphatic heterocycles. The van der Waals surface area contributed by atoms with E-state index in [2.05, 4.69) is 5.32 Å². The molecule has 1 N–H and O–H groups in total. The fourth-order valence-electron chi connectivity index (χ4n) is 5.58. The molecular formula is C34H42ClN3O5S2. The topological polar surface area (TPSA) is 96.0 Å². The highest BCUT2D eigenvalue weighted by atomic mass is 35.5. The molecule has 3 aromatic rings. The Bertz CT molecular complexity index is 1530. The average molecular weight is 672 g/mol. The van der Waals surface area contributed by atoms with Crippen LogP contribution in [0.25, 0.3) is 0 Å². The first-order valence-electron chi connectivity index (χ1n) is 15.4. The van der Waals surface area contributed by atoms with Crippen molar-refractivity contribution >= 4 is 50.9 Å². The molecule has 4 rings (SSSR count). The normalized spacial score (nSPS) is 14.4. The lowest BCUT2D eigenvalue weighted by atomic mass is 9.95. The van der Waals surface area contributed by atoms with Crippen LogP contribution in [-0.4, -0.2) is 56.6 Å². The molecule has 2 amide bonds. The number of nitrogens with one attached hydrogen (secondary N) is 1. The number of ether oxygens (including phenoxy) is 1. The highest BCUT2D eigenvalue weighted by molar-refractivity contribution is 7.98. The fourth-order valence-corrected chi connectivity index (χ4v) is 7.54. The van der Waals surface area contributed by atoms with Crippen molar-refractivity contribution in [2.45, 2.75) is 80.8 Å². The first-order chi connectivity index (χ1) is 21.7. The Balaban J connectivity index is 1.74. The summed E-state index contributed by atoms with van der Waals surface area (Å²) in [5.74, 6) is -0.405. The molecule has 0 bridgehead atoms. The zero-order valence-corrected chi connectivity index (χ0v) is 28.5. The van der Waals surface area contributed by atoms with Gasteiger partial charge in [0, 0.05) is 22.5 Å². The van der Waals surface area contributed by atoms with E-state index in [1.54, 1.807) is 72.8 Å². The van der Waals surface area contributed by atoms with Gasteiger partial charge in [0.1, 0.15) is 18.3 Å². The summed E-state index contributed by atoms with van der Waals surface area (Å²) in [6.45, 7) is 3.56. The lowest BCUT2D eigenvalue weighted by Crippen LogP contribution is -2.54. The molecule has 0 unspecified atom stereocenters. The Kier molecular flexibility index (Phi) is 12.6. The zero-order chi connectivity index (χ0) is 32.4. The van der Waals surface area contributed by atoms with Crippen LogP contribution in [0.1, 0.15) is 57.9 Å². The summed E-state index contributed by atoms with van der Waals surface area (Å²) in [6.07, 6.45) is 7.34. The van der Waals surface area contributed by atoms with E-state index in [-0.39, 0.29) is 29.1 Å². The molecule has 11 heteroatoms. The standard InChI is InChI=1S/C34H42ClN3O5S2/c1-4-30(34(40)36-27-11-7-6-8-12-27)37(23-25-15-17-26(35)18-16-25)33(39)24-38(31-13-9-10-14-32(31)43-5-2)45(41,42)29-21-19-28(44-3)20-22-29/h9-10,13-22,27,30H,4-8,11-12,23-24H2,1-3H3,(H,36,40)/t30-/m0/s1. The molecule has 0 heterocycles. The van der Waals surface area contributed by atoms with Gasteiger partial charge in [-0.15, -0.1) is 11.8 Å². The van der Waals surface area contributed by atoms with Crippen LogP contribution >= 0.6 is 23.4 Å². The number of hydrogen-bond donors (Lipinski definition) is 1. The summed E-state index contributed by atoms with van der Waals surface area (Å²) in [7, 11) is -4.22. The van der Waals surface area contributed by atoms with Gasteiger partial charge in [0.15, 0.2) is 0 Å². The van der Waals surface area contributed by atoms with E-state index in [0.717, 1.165) is 46.9 Å². The third-order valence-electron chi connectivity index (χ3n) is 7.96. The van der Waals surface area contributed by atoms with Gasteiger partial charge in [0.2, 0.25) is 11.8 Å². The lowest BCUT2D eigenvalue weighted by Gasteiger charge is -2.34. The molecule has 1 saturated carbocycles. The van der Waals surface area contributed by atoms with E-state index in [0.29, 0.717) is 23.8 Å². The maximum atomic E-state index is 14.4. The monoisotopic (exact) mass is 671 g/mol. The molecule has 1 aliphatic rings. The van der Waals surface area contributed by atoms with Crippen LogP contribution in [-0.2, 0) is 26.2 Å². The summed E-state index contributed by atoms with van der Waals surface area (Å²) >= 11 is 7.64. The highest BCUT2D eigenvalue weighted by Gasteiger charge is 2.35. The Hall–Kier alpha value is -3.21. The van der Waals surface area contributed by atoms with Gasteiger partial charge in [-0.1, -0.05) is 62.1 Å². The van der Waals surface area contributed by atoms with Crippen LogP contribution in [0.3, 0.4) is 0 Å². The smallest absolute Gasteiger partial charge is 0.264 e. The van der Waals surface area contributed by atoms with Crippen molar-refractivity contribution in [3.63, 3.8) is 0 Å². The molecule has 45 heavy (non-hydrogen) atoms. The first-order valence-corrected chi connectivity index (χ1v) is 18.4. The number of carbonyl (C=O) groups excluding carboxylic acids is 2. The Morgan fingerprint density at radius 3 is 2.27 bits per heavy atom. The number of hydrogen-bond acceptors (Lipinski definition) is 6. The van der Waals surface area contributed by atoms with Gasteiger partial charge in [0.25, 0.3) is 10.0 Å². The van der Waals surface area contributed by atoms with Crippen LogP contribution in [0.4, 0.5) is 5.69 Å². The minimum absolute atomic E-state index is 0.0470. The molecular weight excluding hydrogens is 630 g/mol.